The Morgan fingerprint density at radius 2 is 1.76 bits per heavy atom. The molecule has 0 amide bonds. The van der Waals surface area contributed by atoms with Crippen LogP contribution in [0, 0.1) is 11.6 Å². The molecule has 0 bridgehead atoms. The lowest BCUT2D eigenvalue weighted by Gasteiger charge is -2.19. The SMILES string of the molecule is CCNC(Cc1cc(F)ccc1F)Cc1ccccc1Cl. The molecule has 2 aromatic carbocycles. The van der Waals surface area contributed by atoms with Gasteiger partial charge in [0.25, 0.3) is 0 Å². The molecule has 0 fully saturated rings. The van der Waals surface area contributed by atoms with Gasteiger partial charge in [0.1, 0.15) is 11.6 Å². The van der Waals surface area contributed by atoms with Gasteiger partial charge in [0.05, 0.1) is 0 Å². The summed E-state index contributed by atoms with van der Waals surface area (Å²) in [5, 5.41) is 4.00. The van der Waals surface area contributed by atoms with E-state index in [1.54, 1.807) is 0 Å². The van der Waals surface area contributed by atoms with Gasteiger partial charge in [-0.2, -0.15) is 0 Å². The van der Waals surface area contributed by atoms with E-state index < -0.39 is 5.82 Å². The molecule has 0 heterocycles. The molecule has 0 saturated heterocycles. The number of rotatable bonds is 6. The van der Waals surface area contributed by atoms with Gasteiger partial charge in [-0.15, -0.1) is 0 Å². The summed E-state index contributed by atoms with van der Waals surface area (Å²) in [6.07, 6.45) is 1.09. The minimum Gasteiger partial charge on any atom is -0.314 e. The topological polar surface area (TPSA) is 12.0 Å². The third kappa shape index (κ3) is 4.51. The Labute approximate surface area is 128 Å². The summed E-state index contributed by atoms with van der Waals surface area (Å²) < 4.78 is 27.0. The highest BCUT2D eigenvalue weighted by molar-refractivity contribution is 6.31. The van der Waals surface area contributed by atoms with Crippen LogP contribution in [0.4, 0.5) is 8.78 Å². The molecule has 0 spiro atoms. The van der Waals surface area contributed by atoms with E-state index in [2.05, 4.69) is 5.32 Å². The molecule has 1 N–H and O–H groups in total. The van der Waals surface area contributed by atoms with Crippen molar-refractivity contribution in [1.29, 1.82) is 0 Å². The van der Waals surface area contributed by atoms with Crippen molar-refractivity contribution in [1.82, 2.24) is 5.32 Å². The second-order valence-corrected chi connectivity index (χ2v) is 5.40. The van der Waals surface area contributed by atoms with Crippen LogP contribution < -0.4 is 5.32 Å². The maximum absolute atomic E-state index is 13.8. The van der Waals surface area contributed by atoms with Crippen molar-refractivity contribution >= 4 is 11.6 Å². The van der Waals surface area contributed by atoms with E-state index in [4.69, 9.17) is 11.6 Å². The molecular weight excluding hydrogens is 292 g/mol. The maximum Gasteiger partial charge on any atom is 0.126 e. The Hall–Kier alpha value is -1.45. The van der Waals surface area contributed by atoms with Crippen molar-refractivity contribution in [3.05, 3.63) is 70.2 Å². The minimum atomic E-state index is -0.417. The average Bonchev–Trinajstić information content (AvgIpc) is 2.45. The van der Waals surface area contributed by atoms with Crippen molar-refractivity contribution in [2.24, 2.45) is 0 Å². The van der Waals surface area contributed by atoms with Crippen LogP contribution in [0.3, 0.4) is 0 Å². The lowest BCUT2D eigenvalue weighted by Crippen LogP contribution is -2.33. The van der Waals surface area contributed by atoms with Crippen LogP contribution in [0.5, 0.6) is 0 Å². The van der Waals surface area contributed by atoms with Crippen LogP contribution in [-0.2, 0) is 12.8 Å². The first kappa shape index (κ1) is 15.9. The molecule has 0 aliphatic rings. The Morgan fingerprint density at radius 3 is 2.48 bits per heavy atom. The quantitative estimate of drug-likeness (QED) is 0.835. The van der Waals surface area contributed by atoms with Crippen LogP contribution in [-0.4, -0.2) is 12.6 Å². The fourth-order valence-electron chi connectivity index (χ4n) is 2.40. The summed E-state index contributed by atoms with van der Waals surface area (Å²) in [7, 11) is 0. The van der Waals surface area contributed by atoms with Gasteiger partial charge in [-0.3, -0.25) is 0 Å². The smallest absolute Gasteiger partial charge is 0.126 e. The predicted molar refractivity (Wildman–Crippen MR) is 82.7 cm³/mol. The van der Waals surface area contributed by atoms with E-state index in [1.807, 2.05) is 31.2 Å². The van der Waals surface area contributed by atoms with Crippen LogP contribution in [0.15, 0.2) is 42.5 Å². The van der Waals surface area contributed by atoms with E-state index >= 15 is 0 Å². The van der Waals surface area contributed by atoms with E-state index in [0.29, 0.717) is 23.4 Å². The molecule has 0 radical (unpaired) electrons. The number of likely N-dealkylation sites (N-methyl/N-ethyl adjacent to an activating group) is 1. The normalized spacial score (nSPS) is 12.4. The zero-order valence-electron chi connectivity index (χ0n) is 11.9. The highest BCUT2D eigenvalue weighted by atomic mass is 35.5. The van der Waals surface area contributed by atoms with Gasteiger partial charge in [0.2, 0.25) is 0 Å². The van der Waals surface area contributed by atoms with Crippen LogP contribution >= 0.6 is 11.6 Å². The summed E-state index contributed by atoms with van der Waals surface area (Å²) in [5.74, 6) is -0.794. The minimum absolute atomic E-state index is 0.00574. The Morgan fingerprint density at radius 1 is 1.05 bits per heavy atom. The van der Waals surface area contributed by atoms with Crippen molar-refractivity contribution in [2.75, 3.05) is 6.54 Å². The number of benzene rings is 2. The van der Waals surface area contributed by atoms with Crippen molar-refractivity contribution in [3.8, 4) is 0 Å². The number of nitrogens with one attached hydrogen (secondary N) is 1. The lowest BCUT2D eigenvalue weighted by atomic mass is 9.98. The molecule has 4 heteroatoms. The van der Waals surface area contributed by atoms with Crippen molar-refractivity contribution in [3.63, 3.8) is 0 Å². The van der Waals surface area contributed by atoms with Crippen LogP contribution in [0.1, 0.15) is 18.1 Å². The van der Waals surface area contributed by atoms with Crippen molar-refractivity contribution < 1.29 is 8.78 Å². The zero-order chi connectivity index (χ0) is 15.2. The second-order valence-electron chi connectivity index (χ2n) is 4.99. The Balaban J connectivity index is 2.16. The molecule has 112 valence electrons. The van der Waals surface area contributed by atoms with E-state index in [1.165, 1.54) is 12.1 Å². The third-order valence-corrected chi connectivity index (χ3v) is 3.76. The van der Waals surface area contributed by atoms with Gasteiger partial charge in [-0.05, 0) is 54.8 Å². The van der Waals surface area contributed by atoms with Gasteiger partial charge >= 0.3 is 0 Å². The molecule has 1 atom stereocenters. The highest BCUT2D eigenvalue weighted by Crippen LogP contribution is 2.19. The van der Waals surface area contributed by atoms with E-state index in [0.717, 1.165) is 18.2 Å². The molecule has 21 heavy (non-hydrogen) atoms. The number of hydrogen-bond acceptors (Lipinski definition) is 1. The molecule has 0 aliphatic heterocycles. The van der Waals surface area contributed by atoms with Crippen LogP contribution in [0.2, 0.25) is 5.02 Å². The van der Waals surface area contributed by atoms with E-state index in [9.17, 15) is 8.78 Å². The number of hydrogen-bond donors (Lipinski definition) is 1. The lowest BCUT2D eigenvalue weighted by molar-refractivity contribution is 0.502. The first-order valence-electron chi connectivity index (χ1n) is 7.01. The standard InChI is InChI=1S/C17H18ClF2N/c1-2-21-15(10-12-5-3-4-6-16(12)18)11-13-9-14(19)7-8-17(13)20/h3-9,15,21H,2,10-11H2,1H3. The highest BCUT2D eigenvalue weighted by Gasteiger charge is 2.14. The fraction of sp³-hybridized carbons (Fsp3) is 0.294. The van der Waals surface area contributed by atoms with Gasteiger partial charge in [-0.1, -0.05) is 36.7 Å². The zero-order valence-corrected chi connectivity index (χ0v) is 12.6. The fourth-order valence-corrected chi connectivity index (χ4v) is 2.61. The first-order valence-corrected chi connectivity index (χ1v) is 7.38. The summed E-state index contributed by atoms with van der Waals surface area (Å²) in [6, 6.07) is 11.2. The molecule has 0 aliphatic carbocycles. The molecule has 1 unspecified atom stereocenters. The molecule has 2 rings (SSSR count). The monoisotopic (exact) mass is 309 g/mol. The summed E-state index contributed by atoms with van der Waals surface area (Å²) in [5.41, 5.74) is 1.38. The Bertz CT molecular complexity index is 601. The molecule has 0 aromatic heterocycles. The molecule has 0 saturated carbocycles. The predicted octanol–water partition coefficient (Wildman–Crippen LogP) is 4.38. The van der Waals surface area contributed by atoms with Gasteiger partial charge < -0.3 is 5.32 Å². The first-order chi connectivity index (χ1) is 10.1. The summed E-state index contributed by atoms with van der Waals surface area (Å²) >= 11 is 6.17. The van der Waals surface area contributed by atoms with Gasteiger partial charge in [0.15, 0.2) is 0 Å². The maximum atomic E-state index is 13.8. The van der Waals surface area contributed by atoms with Crippen molar-refractivity contribution in [2.45, 2.75) is 25.8 Å². The summed E-state index contributed by atoms with van der Waals surface area (Å²) in [6.45, 7) is 2.74. The second kappa shape index (κ2) is 7.53. The molecule has 1 nitrogen and oxygen atoms in total. The van der Waals surface area contributed by atoms with Gasteiger partial charge in [0, 0.05) is 11.1 Å². The average molecular weight is 310 g/mol. The summed E-state index contributed by atoms with van der Waals surface area (Å²) in [4.78, 5) is 0. The largest absolute Gasteiger partial charge is 0.314 e. The Kier molecular flexibility index (Phi) is 5.71. The van der Waals surface area contributed by atoms with E-state index in [-0.39, 0.29) is 11.9 Å². The van der Waals surface area contributed by atoms with Crippen LogP contribution in [0.25, 0.3) is 0 Å². The third-order valence-electron chi connectivity index (χ3n) is 3.39. The van der Waals surface area contributed by atoms with Gasteiger partial charge in [-0.25, -0.2) is 8.78 Å². The number of halogens is 3. The molecular formula is C17H18ClF2N. The molecule has 2 aromatic rings.